The molecule has 2 aromatic rings. The Kier molecular flexibility index (Phi) is 6.19. The van der Waals surface area contributed by atoms with Gasteiger partial charge in [0.2, 0.25) is 11.8 Å². The van der Waals surface area contributed by atoms with Crippen molar-refractivity contribution in [2.75, 3.05) is 18.6 Å². The predicted octanol–water partition coefficient (Wildman–Crippen LogP) is 3.08. The van der Waals surface area contributed by atoms with Gasteiger partial charge < -0.3 is 14.8 Å². The van der Waals surface area contributed by atoms with Crippen molar-refractivity contribution in [3.63, 3.8) is 0 Å². The summed E-state index contributed by atoms with van der Waals surface area (Å²) < 4.78 is 10.9. The molecule has 6 nitrogen and oxygen atoms in total. The molecule has 0 spiro atoms. The summed E-state index contributed by atoms with van der Waals surface area (Å²) in [6.07, 6.45) is 0.884. The van der Waals surface area contributed by atoms with Gasteiger partial charge in [-0.25, -0.2) is 0 Å². The number of benzene rings is 2. The molecule has 1 N–H and O–H groups in total. The van der Waals surface area contributed by atoms with Gasteiger partial charge in [0.05, 0.1) is 13.7 Å². The number of fused-ring (bicyclic) bond motifs is 1. The lowest BCUT2D eigenvalue weighted by Crippen LogP contribution is -2.47. The minimum absolute atomic E-state index is 0.0480. The van der Waals surface area contributed by atoms with Crippen molar-refractivity contribution in [2.24, 2.45) is 0 Å². The molecular formula is C22H26N2O4. The Morgan fingerprint density at radius 2 is 1.93 bits per heavy atom. The zero-order valence-electron chi connectivity index (χ0n) is 16.5. The van der Waals surface area contributed by atoms with E-state index in [-0.39, 0.29) is 11.8 Å². The highest BCUT2D eigenvalue weighted by Crippen LogP contribution is 2.33. The number of hydrogen-bond acceptors (Lipinski definition) is 4. The highest BCUT2D eigenvalue weighted by Gasteiger charge is 2.37. The van der Waals surface area contributed by atoms with E-state index in [9.17, 15) is 9.59 Å². The van der Waals surface area contributed by atoms with E-state index in [2.05, 4.69) is 5.32 Å². The first-order valence-electron chi connectivity index (χ1n) is 9.56. The normalized spacial score (nSPS) is 15.1. The van der Waals surface area contributed by atoms with Gasteiger partial charge in [0.15, 0.2) is 11.5 Å². The molecule has 0 saturated heterocycles. The molecule has 28 heavy (non-hydrogen) atoms. The number of rotatable bonds is 7. The van der Waals surface area contributed by atoms with Gasteiger partial charge in [-0.2, -0.15) is 0 Å². The molecular weight excluding hydrogens is 356 g/mol. The molecule has 0 bridgehead atoms. The largest absolute Gasteiger partial charge is 0.493 e. The minimum Gasteiger partial charge on any atom is -0.493 e. The SMILES string of the molecule is CCOc1cc(CNC(=O)[C@H]2Cc3ccccc3N2C(=O)CC)ccc1OC. The third-order valence-corrected chi connectivity index (χ3v) is 4.84. The van der Waals surface area contributed by atoms with E-state index in [0.29, 0.717) is 37.5 Å². The highest BCUT2D eigenvalue weighted by molar-refractivity contribution is 6.03. The number of methoxy groups -OCH3 is 1. The molecule has 2 amide bonds. The van der Waals surface area contributed by atoms with Gasteiger partial charge in [-0.15, -0.1) is 0 Å². The van der Waals surface area contributed by atoms with Gasteiger partial charge in [0.1, 0.15) is 6.04 Å². The molecule has 3 rings (SSSR count). The molecule has 1 atom stereocenters. The van der Waals surface area contributed by atoms with Crippen molar-refractivity contribution in [1.82, 2.24) is 5.32 Å². The number of para-hydroxylation sites is 1. The lowest BCUT2D eigenvalue weighted by Gasteiger charge is -2.24. The molecule has 0 unspecified atom stereocenters. The molecule has 1 aliphatic rings. The lowest BCUT2D eigenvalue weighted by atomic mass is 10.1. The average molecular weight is 382 g/mol. The average Bonchev–Trinajstić information content (AvgIpc) is 3.11. The van der Waals surface area contributed by atoms with Gasteiger partial charge in [-0.3, -0.25) is 14.5 Å². The van der Waals surface area contributed by atoms with Gasteiger partial charge in [0, 0.05) is 25.1 Å². The van der Waals surface area contributed by atoms with E-state index in [4.69, 9.17) is 9.47 Å². The Labute approximate surface area is 165 Å². The molecule has 2 aromatic carbocycles. The second kappa shape index (κ2) is 8.78. The van der Waals surface area contributed by atoms with E-state index in [0.717, 1.165) is 16.8 Å². The van der Waals surface area contributed by atoms with E-state index >= 15 is 0 Å². The second-order valence-corrected chi connectivity index (χ2v) is 6.60. The van der Waals surface area contributed by atoms with Gasteiger partial charge in [-0.1, -0.05) is 31.2 Å². The van der Waals surface area contributed by atoms with Crippen LogP contribution < -0.4 is 19.7 Å². The van der Waals surface area contributed by atoms with Crippen molar-refractivity contribution < 1.29 is 19.1 Å². The Hall–Kier alpha value is -3.02. The number of nitrogens with zero attached hydrogens (tertiary/aromatic N) is 1. The van der Waals surface area contributed by atoms with Crippen molar-refractivity contribution >= 4 is 17.5 Å². The molecule has 0 aliphatic carbocycles. The van der Waals surface area contributed by atoms with Crippen LogP contribution in [0, 0.1) is 0 Å². The third kappa shape index (κ3) is 3.96. The van der Waals surface area contributed by atoms with Crippen molar-refractivity contribution in [2.45, 2.75) is 39.3 Å². The second-order valence-electron chi connectivity index (χ2n) is 6.60. The maximum absolute atomic E-state index is 12.9. The van der Waals surface area contributed by atoms with Gasteiger partial charge >= 0.3 is 0 Å². The Balaban J connectivity index is 1.73. The van der Waals surface area contributed by atoms with E-state index < -0.39 is 6.04 Å². The third-order valence-electron chi connectivity index (χ3n) is 4.84. The van der Waals surface area contributed by atoms with Crippen LogP contribution in [0.4, 0.5) is 5.69 Å². The fraction of sp³-hybridized carbons (Fsp3) is 0.364. The summed E-state index contributed by atoms with van der Waals surface area (Å²) in [5.74, 6) is 1.09. The summed E-state index contributed by atoms with van der Waals surface area (Å²) in [7, 11) is 1.59. The van der Waals surface area contributed by atoms with Crippen LogP contribution in [0.3, 0.4) is 0 Å². The Bertz CT molecular complexity index is 865. The number of carbonyl (C=O) groups is 2. The number of ether oxygens (including phenoxy) is 2. The van der Waals surface area contributed by atoms with E-state index in [1.807, 2.05) is 56.3 Å². The number of hydrogen-bond donors (Lipinski definition) is 1. The molecule has 6 heteroatoms. The zero-order chi connectivity index (χ0) is 20.1. The quantitative estimate of drug-likeness (QED) is 0.799. The van der Waals surface area contributed by atoms with Crippen LogP contribution in [0.15, 0.2) is 42.5 Å². The monoisotopic (exact) mass is 382 g/mol. The fourth-order valence-corrected chi connectivity index (χ4v) is 3.48. The molecule has 1 heterocycles. The standard InChI is InChI=1S/C22H26N2O4/c1-4-21(25)24-17-9-7-6-8-16(17)13-18(24)22(26)23-14-15-10-11-19(27-3)20(12-15)28-5-2/h6-12,18H,4-5,13-14H2,1-3H3,(H,23,26)/t18-/m1/s1. The summed E-state index contributed by atoms with van der Waals surface area (Å²) >= 11 is 0. The van der Waals surface area contributed by atoms with Crippen molar-refractivity contribution in [3.05, 3.63) is 53.6 Å². The van der Waals surface area contributed by atoms with Crippen LogP contribution in [0.2, 0.25) is 0 Å². The van der Waals surface area contributed by atoms with Crippen LogP contribution in [0.5, 0.6) is 11.5 Å². The zero-order valence-corrected chi connectivity index (χ0v) is 16.5. The van der Waals surface area contributed by atoms with Crippen LogP contribution in [-0.2, 0) is 22.6 Å². The maximum atomic E-state index is 12.9. The number of nitrogens with one attached hydrogen (secondary N) is 1. The summed E-state index contributed by atoms with van der Waals surface area (Å²) in [5.41, 5.74) is 2.76. The van der Waals surface area contributed by atoms with Crippen LogP contribution in [0.1, 0.15) is 31.4 Å². The van der Waals surface area contributed by atoms with Crippen LogP contribution in [-0.4, -0.2) is 31.6 Å². The molecule has 0 aromatic heterocycles. The van der Waals surface area contributed by atoms with E-state index in [1.165, 1.54) is 0 Å². The summed E-state index contributed by atoms with van der Waals surface area (Å²) in [6.45, 7) is 4.60. The first-order chi connectivity index (χ1) is 13.6. The summed E-state index contributed by atoms with van der Waals surface area (Å²) in [5, 5.41) is 2.96. The number of carbonyl (C=O) groups excluding carboxylic acids is 2. The number of anilines is 1. The number of amides is 2. The van der Waals surface area contributed by atoms with Gasteiger partial charge in [0.25, 0.3) is 0 Å². The van der Waals surface area contributed by atoms with Crippen molar-refractivity contribution in [1.29, 1.82) is 0 Å². The molecule has 0 fully saturated rings. The smallest absolute Gasteiger partial charge is 0.243 e. The lowest BCUT2D eigenvalue weighted by molar-refractivity contribution is -0.126. The fourth-order valence-electron chi connectivity index (χ4n) is 3.48. The molecule has 0 saturated carbocycles. The Morgan fingerprint density at radius 1 is 1.14 bits per heavy atom. The van der Waals surface area contributed by atoms with E-state index in [1.54, 1.807) is 12.0 Å². The van der Waals surface area contributed by atoms with Gasteiger partial charge in [-0.05, 0) is 36.2 Å². The molecule has 1 aliphatic heterocycles. The highest BCUT2D eigenvalue weighted by atomic mass is 16.5. The predicted molar refractivity (Wildman–Crippen MR) is 108 cm³/mol. The van der Waals surface area contributed by atoms with Crippen LogP contribution >= 0.6 is 0 Å². The van der Waals surface area contributed by atoms with Crippen LogP contribution in [0.25, 0.3) is 0 Å². The first-order valence-corrected chi connectivity index (χ1v) is 9.56. The summed E-state index contributed by atoms with van der Waals surface area (Å²) in [4.78, 5) is 27.0. The summed E-state index contributed by atoms with van der Waals surface area (Å²) in [6, 6.07) is 12.7. The molecule has 148 valence electrons. The first kappa shape index (κ1) is 19.7. The maximum Gasteiger partial charge on any atom is 0.243 e. The minimum atomic E-state index is -0.519. The topological polar surface area (TPSA) is 67.9 Å². The Morgan fingerprint density at radius 3 is 2.64 bits per heavy atom. The van der Waals surface area contributed by atoms with Crippen molar-refractivity contribution in [3.8, 4) is 11.5 Å². The molecule has 0 radical (unpaired) electrons.